The van der Waals surface area contributed by atoms with Crippen LogP contribution in [-0.4, -0.2) is 21.2 Å². The van der Waals surface area contributed by atoms with E-state index < -0.39 is 0 Å². The summed E-state index contributed by atoms with van der Waals surface area (Å²) in [6.45, 7) is 5.37. The van der Waals surface area contributed by atoms with Gasteiger partial charge in [0.25, 0.3) is 5.91 Å². The summed E-state index contributed by atoms with van der Waals surface area (Å²) in [7, 11) is 1.84. The van der Waals surface area contributed by atoms with Crippen molar-refractivity contribution in [1.82, 2.24) is 9.55 Å². The van der Waals surface area contributed by atoms with E-state index in [1.54, 1.807) is 4.57 Å². The first-order valence-corrected chi connectivity index (χ1v) is 7.75. The van der Waals surface area contributed by atoms with Gasteiger partial charge in [-0.3, -0.25) is 9.59 Å². The second-order valence-corrected chi connectivity index (χ2v) is 5.87. The Hall–Kier alpha value is -1.95. The fraction of sp³-hybridized carbons (Fsp3) is 0.400. The minimum atomic E-state index is -0.327. The van der Waals surface area contributed by atoms with Crippen LogP contribution in [0.2, 0.25) is 0 Å². The average Bonchev–Trinajstić information content (AvgIpc) is 2.94. The van der Waals surface area contributed by atoms with Gasteiger partial charge >= 0.3 is 0 Å². The number of carbonyl (C=O) groups excluding carboxylic acids is 2. The molecule has 1 N–H and O–H groups in total. The minimum absolute atomic E-state index is 0.0204. The van der Waals surface area contributed by atoms with Crippen LogP contribution in [0.5, 0.6) is 0 Å². The Morgan fingerprint density at radius 3 is 2.67 bits per heavy atom. The zero-order valence-corrected chi connectivity index (χ0v) is 13.5. The Morgan fingerprint density at radius 1 is 1.43 bits per heavy atom. The molecule has 0 saturated heterocycles. The van der Waals surface area contributed by atoms with Crippen LogP contribution in [0.3, 0.4) is 0 Å². The summed E-state index contributed by atoms with van der Waals surface area (Å²) in [6.07, 6.45) is 3.40. The van der Waals surface area contributed by atoms with Crippen molar-refractivity contribution in [1.29, 1.82) is 0 Å². The topological polar surface area (TPSA) is 67.2 Å². The van der Waals surface area contributed by atoms with Gasteiger partial charge in [0.15, 0.2) is 10.6 Å². The number of hydrogen-bond acceptors (Lipinski definition) is 3. The molecule has 1 amide bonds. The Kier molecular flexibility index (Phi) is 4.57. The van der Waals surface area contributed by atoms with Gasteiger partial charge in [-0.25, -0.2) is 0 Å². The molecule has 0 saturated carbocycles. The third-order valence-electron chi connectivity index (χ3n) is 3.31. The number of aryl methyl sites for hydroxylation is 2. The first kappa shape index (κ1) is 15.4. The SMILES string of the molecule is CCCc1c(C(=O)N=c2sccn2C)[nH]c(C)c1C(C)=O. The van der Waals surface area contributed by atoms with Crippen molar-refractivity contribution in [3.05, 3.63) is 38.9 Å². The molecule has 0 unspecified atom stereocenters. The number of ketones is 1. The van der Waals surface area contributed by atoms with Crippen LogP contribution in [0.1, 0.15) is 52.4 Å². The minimum Gasteiger partial charge on any atom is -0.354 e. The number of aromatic amines is 1. The third kappa shape index (κ3) is 3.05. The van der Waals surface area contributed by atoms with Crippen molar-refractivity contribution in [2.75, 3.05) is 0 Å². The highest BCUT2D eigenvalue weighted by Crippen LogP contribution is 2.22. The highest BCUT2D eigenvalue weighted by molar-refractivity contribution is 7.07. The highest BCUT2D eigenvalue weighted by atomic mass is 32.1. The average molecular weight is 305 g/mol. The van der Waals surface area contributed by atoms with E-state index >= 15 is 0 Å². The molecule has 0 aromatic carbocycles. The number of rotatable bonds is 4. The van der Waals surface area contributed by atoms with E-state index in [4.69, 9.17) is 0 Å². The summed E-state index contributed by atoms with van der Waals surface area (Å²) in [4.78, 5) is 32.1. The van der Waals surface area contributed by atoms with Gasteiger partial charge in [-0.1, -0.05) is 13.3 Å². The van der Waals surface area contributed by atoms with E-state index in [2.05, 4.69) is 9.98 Å². The molecule has 112 valence electrons. The quantitative estimate of drug-likeness (QED) is 0.882. The molecule has 0 radical (unpaired) electrons. The maximum atomic E-state index is 12.4. The van der Waals surface area contributed by atoms with Crippen molar-refractivity contribution in [2.45, 2.75) is 33.6 Å². The van der Waals surface area contributed by atoms with Gasteiger partial charge in [-0.2, -0.15) is 4.99 Å². The maximum Gasteiger partial charge on any atom is 0.296 e. The number of nitrogens with zero attached hydrogens (tertiary/aromatic N) is 2. The maximum absolute atomic E-state index is 12.4. The van der Waals surface area contributed by atoms with E-state index in [-0.39, 0.29) is 11.7 Å². The van der Waals surface area contributed by atoms with Crippen molar-refractivity contribution < 1.29 is 9.59 Å². The molecule has 0 spiro atoms. The van der Waals surface area contributed by atoms with E-state index in [9.17, 15) is 9.59 Å². The van der Waals surface area contributed by atoms with E-state index in [0.29, 0.717) is 22.5 Å². The molecule has 2 heterocycles. The second-order valence-electron chi connectivity index (χ2n) is 5.00. The normalized spacial score (nSPS) is 11.9. The summed E-state index contributed by atoms with van der Waals surface area (Å²) in [5.74, 6) is -0.347. The number of hydrogen-bond donors (Lipinski definition) is 1. The van der Waals surface area contributed by atoms with Gasteiger partial charge in [-0.15, -0.1) is 11.3 Å². The van der Waals surface area contributed by atoms with Gasteiger partial charge in [0.2, 0.25) is 0 Å². The van der Waals surface area contributed by atoms with Crippen LogP contribution >= 0.6 is 11.3 Å². The zero-order chi connectivity index (χ0) is 15.6. The Balaban J connectivity index is 2.54. The lowest BCUT2D eigenvalue weighted by atomic mass is 10.0. The molecule has 0 fully saturated rings. The van der Waals surface area contributed by atoms with Gasteiger partial charge in [-0.05, 0) is 25.8 Å². The number of H-pyrrole nitrogens is 1. The monoisotopic (exact) mass is 305 g/mol. The number of amides is 1. The molecular weight excluding hydrogens is 286 g/mol. The first-order chi connectivity index (χ1) is 9.95. The Bertz CT molecular complexity index is 749. The van der Waals surface area contributed by atoms with Gasteiger partial charge in [0, 0.05) is 29.9 Å². The molecule has 21 heavy (non-hydrogen) atoms. The Labute approximate surface area is 127 Å². The number of thiazole rings is 1. The van der Waals surface area contributed by atoms with E-state index in [1.807, 2.05) is 32.5 Å². The lowest BCUT2D eigenvalue weighted by molar-refractivity contribution is 0.0992. The van der Waals surface area contributed by atoms with E-state index in [1.165, 1.54) is 18.3 Å². The largest absolute Gasteiger partial charge is 0.354 e. The molecule has 0 bridgehead atoms. The fourth-order valence-corrected chi connectivity index (χ4v) is 3.14. The smallest absolute Gasteiger partial charge is 0.296 e. The van der Waals surface area contributed by atoms with Gasteiger partial charge in [0.1, 0.15) is 5.69 Å². The summed E-state index contributed by atoms with van der Waals surface area (Å²) in [6, 6.07) is 0. The number of aromatic nitrogens is 2. The molecule has 2 aromatic heterocycles. The lowest BCUT2D eigenvalue weighted by Crippen LogP contribution is -2.13. The molecule has 0 aliphatic heterocycles. The number of carbonyl (C=O) groups is 2. The van der Waals surface area contributed by atoms with Crippen LogP contribution in [0.4, 0.5) is 0 Å². The summed E-state index contributed by atoms with van der Waals surface area (Å²) < 4.78 is 1.80. The Morgan fingerprint density at radius 2 is 2.14 bits per heavy atom. The fourth-order valence-electron chi connectivity index (χ4n) is 2.41. The zero-order valence-electron chi connectivity index (χ0n) is 12.7. The van der Waals surface area contributed by atoms with Gasteiger partial charge < -0.3 is 9.55 Å². The van der Waals surface area contributed by atoms with Gasteiger partial charge in [0.05, 0.1) is 0 Å². The van der Waals surface area contributed by atoms with Crippen molar-refractivity contribution >= 4 is 23.0 Å². The molecule has 2 aromatic rings. The summed E-state index contributed by atoms with van der Waals surface area (Å²) in [5, 5.41) is 1.88. The molecule has 6 heteroatoms. The molecule has 0 aliphatic rings. The standard InChI is InChI=1S/C15H19N3O2S/c1-5-6-11-12(10(3)19)9(2)16-13(11)14(20)17-15-18(4)7-8-21-15/h7-8,16H,5-6H2,1-4H3. The third-order valence-corrected chi connectivity index (χ3v) is 4.16. The van der Waals surface area contributed by atoms with Crippen molar-refractivity contribution in [2.24, 2.45) is 12.0 Å². The second kappa shape index (κ2) is 6.22. The molecule has 0 atom stereocenters. The van der Waals surface area contributed by atoms with Crippen LogP contribution in [0.15, 0.2) is 16.6 Å². The summed E-state index contributed by atoms with van der Waals surface area (Å²) >= 11 is 1.40. The molecule has 5 nitrogen and oxygen atoms in total. The lowest BCUT2D eigenvalue weighted by Gasteiger charge is -2.02. The first-order valence-electron chi connectivity index (χ1n) is 6.87. The molecular formula is C15H19N3O2S. The predicted molar refractivity (Wildman–Crippen MR) is 82.7 cm³/mol. The van der Waals surface area contributed by atoms with Crippen molar-refractivity contribution in [3.8, 4) is 0 Å². The highest BCUT2D eigenvalue weighted by Gasteiger charge is 2.21. The predicted octanol–water partition coefficient (Wildman–Crippen LogP) is 2.62. The number of nitrogens with one attached hydrogen (secondary N) is 1. The summed E-state index contributed by atoms with van der Waals surface area (Å²) in [5.41, 5.74) is 2.59. The molecule has 2 rings (SSSR count). The van der Waals surface area contributed by atoms with Crippen LogP contribution < -0.4 is 4.80 Å². The van der Waals surface area contributed by atoms with E-state index in [0.717, 1.165) is 17.7 Å². The molecule has 0 aliphatic carbocycles. The van der Waals surface area contributed by atoms with Crippen LogP contribution in [-0.2, 0) is 13.5 Å². The van der Waals surface area contributed by atoms with Crippen molar-refractivity contribution in [3.63, 3.8) is 0 Å². The number of Topliss-reactive ketones (excluding diaryl/α,β-unsaturated/α-hetero) is 1. The van der Waals surface area contributed by atoms with Crippen LogP contribution in [0, 0.1) is 6.92 Å². The van der Waals surface area contributed by atoms with Crippen LogP contribution in [0.25, 0.3) is 0 Å².